The van der Waals surface area contributed by atoms with Gasteiger partial charge in [-0.05, 0) is 24.6 Å². The van der Waals surface area contributed by atoms with Crippen LogP contribution in [0.2, 0.25) is 0 Å². The van der Waals surface area contributed by atoms with Gasteiger partial charge < -0.3 is 9.47 Å². The summed E-state index contributed by atoms with van der Waals surface area (Å²) in [4.78, 5) is 11.7. The first-order chi connectivity index (χ1) is 7.68. The third-order valence-electron chi connectivity index (χ3n) is 2.96. The minimum absolute atomic E-state index is 0.0242. The van der Waals surface area contributed by atoms with Gasteiger partial charge in [-0.2, -0.15) is 0 Å². The molecular weight excluding hydrogens is 204 g/mol. The number of ketones is 1. The van der Waals surface area contributed by atoms with Gasteiger partial charge in [0.15, 0.2) is 17.7 Å². The van der Waals surface area contributed by atoms with Crippen LogP contribution < -0.4 is 0 Å². The van der Waals surface area contributed by atoms with Gasteiger partial charge >= 0.3 is 0 Å². The summed E-state index contributed by atoms with van der Waals surface area (Å²) in [5.74, 6) is -0.775. The summed E-state index contributed by atoms with van der Waals surface area (Å²) >= 11 is 0. The Morgan fingerprint density at radius 1 is 1.12 bits per heavy atom. The molecule has 1 aromatic carbocycles. The van der Waals surface area contributed by atoms with Gasteiger partial charge in [-0.3, -0.25) is 4.79 Å². The lowest BCUT2D eigenvalue weighted by atomic mass is 10.0. The van der Waals surface area contributed by atoms with Gasteiger partial charge in [0.05, 0.1) is 0 Å². The van der Waals surface area contributed by atoms with Crippen LogP contribution in [0.4, 0.5) is 0 Å². The molecule has 3 nitrogen and oxygen atoms in total. The van der Waals surface area contributed by atoms with Crippen LogP contribution in [0.15, 0.2) is 42.5 Å². The van der Waals surface area contributed by atoms with E-state index in [-0.39, 0.29) is 11.9 Å². The zero-order valence-electron chi connectivity index (χ0n) is 8.92. The van der Waals surface area contributed by atoms with Crippen LogP contribution in [0.5, 0.6) is 0 Å². The normalized spacial score (nSPS) is 36.7. The lowest BCUT2D eigenvalue weighted by Crippen LogP contribution is -2.31. The Bertz CT molecular complexity index is 452. The van der Waals surface area contributed by atoms with Crippen molar-refractivity contribution in [1.29, 1.82) is 0 Å². The summed E-state index contributed by atoms with van der Waals surface area (Å²) in [6.45, 7) is 1.83. The lowest BCUT2D eigenvalue weighted by Gasteiger charge is -2.20. The van der Waals surface area contributed by atoms with Crippen molar-refractivity contribution in [2.45, 2.75) is 24.9 Å². The van der Waals surface area contributed by atoms with E-state index in [1.54, 1.807) is 12.2 Å². The molecule has 0 unspecified atom stereocenters. The van der Waals surface area contributed by atoms with E-state index in [1.807, 2.05) is 37.3 Å². The Balaban J connectivity index is 1.98. The molecule has 1 fully saturated rings. The molecule has 1 aromatic rings. The molecule has 0 aromatic heterocycles. The molecule has 3 heteroatoms. The van der Waals surface area contributed by atoms with Gasteiger partial charge in [0.2, 0.25) is 0 Å². The van der Waals surface area contributed by atoms with Gasteiger partial charge in [0.25, 0.3) is 0 Å². The van der Waals surface area contributed by atoms with Gasteiger partial charge in [0, 0.05) is 0 Å². The smallest absolute Gasteiger partial charge is 0.187 e. The molecule has 1 saturated heterocycles. The molecule has 0 amide bonds. The first kappa shape index (κ1) is 9.75. The minimum Gasteiger partial charge on any atom is -0.335 e. The first-order valence-electron chi connectivity index (χ1n) is 5.32. The van der Waals surface area contributed by atoms with E-state index in [2.05, 4.69) is 0 Å². The minimum atomic E-state index is -0.751. The molecule has 2 aliphatic rings. The fourth-order valence-electron chi connectivity index (χ4n) is 2.16. The van der Waals surface area contributed by atoms with Crippen LogP contribution in [0.25, 0.3) is 0 Å². The number of ether oxygens (including phenoxy) is 2. The van der Waals surface area contributed by atoms with E-state index >= 15 is 0 Å². The molecule has 0 saturated carbocycles. The van der Waals surface area contributed by atoms with Crippen LogP contribution in [0, 0.1) is 0 Å². The van der Waals surface area contributed by atoms with E-state index in [0.717, 1.165) is 5.56 Å². The summed E-state index contributed by atoms with van der Waals surface area (Å²) in [6, 6.07) is 9.70. The van der Waals surface area contributed by atoms with Gasteiger partial charge in [-0.25, -0.2) is 0 Å². The maximum Gasteiger partial charge on any atom is 0.187 e. The van der Waals surface area contributed by atoms with Crippen molar-refractivity contribution in [2.24, 2.45) is 0 Å². The molecular formula is C13H12O3. The standard InChI is InChI=1S/C13H12O3/c1-13-8-7-10(14)12(16-13)11(15-13)9-5-3-2-4-6-9/h2-8,11-12H,1H3/t11-,12-,13+/m1/s1. The average molecular weight is 216 g/mol. The van der Waals surface area contributed by atoms with E-state index in [9.17, 15) is 4.79 Å². The van der Waals surface area contributed by atoms with Crippen molar-refractivity contribution in [3.05, 3.63) is 48.0 Å². The second-order valence-corrected chi connectivity index (χ2v) is 4.24. The first-order valence-corrected chi connectivity index (χ1v) is 5.32. The number of benzene rings is 1. The number of fused-ring (bicyclic) bond motifs is 2. The molecule has 3 atom stereocenters. The Morgan fingerprint density at radius 3 is 2.56 bits per heavy atom. The number of carbonyl (C=O) groups is 1. The molecule has 0 radical (unpaired) electrons. The number of hydrogen-bond acceptors (Lipinski definition) is 3. The van der Waals surface area contributed by atoms with Crippen LogP contribution >= 0.6 is 0 Å². The fourth-order valence-corrected chi connectivity index (χ4v) is 2.16. The molecule has 2 aliphatic heterocycles. The van der Waals surface area contributed by atoms with E-state index in [1.165, 1.54) is 0 Å². The molecule has 0 spiro atoms. The topological polar surface area (TPSA) is 35.5 Å². The van der Waals surface area contributed by atoms with Crippen molar-refractivity contribution in [2.75, 3.05) is 0 Å². The second-order valence-electron chi connectivity index (χ2n) is 4.24. The molecule has 2 bridgehead atoms. The zero-order valence-corrected chi connectivity index (χ0v) is 8.92. The van der Waals surface area contributed by atoms with Crippen molar-refractivity contribution in [3.8, 4) is 0 Å². The van der Waals surface area contributed by atoms with Crippen molar-refractivity contribution < 1.29 is 14.3 Å². The molecule has 2 heterocycles. The number of rotatable bonds is 1. The van der Waals surface area contributed by atoms with Gasteiger partial charge in [-0.15, -0.1) is 0 Å². The maximum atomic E-state index is 11.7. The highest BCUT2D eigenvalue weighted by Crippen LogP contribution is 2.42. The molecule has 3 rings (SSSR count). The van der Waals surface area contributed by atoms with E-state index in [0.29, 0.717) is 0 Å². The Morgan fingerprint density at radius 2 is 1.81 bits per heavy atom. The Hall–Kier alpha value is -1.45. The number of carbonyl (C=O) groups excluding carboxylic acids is 1. The molecule has 0 N–H and O–H groups in total. The van der Waals surface area contributed by atoms with Gasteiger partial charge in [0.1, 0.15) is 6.10 Å². The summed E-state index contributed by atoms with van der Waals surface area (Å²) in [5.41, 5.74) is 0.980. The van der Waals surface area contributed by atoms with E-state index < -0.39 is 11.9 Å². The number of hydrogen-bond donors (Lipinski definition) is 0. The SMILES string of the molecule is C[C@@]12C=CC(=O)[C@@H](O1)[C@@H](c1ccccc1)O2. The summed E-state index contributed by atoms with van der Waals surface area (Å²) in [6.07, 6.45) is 2.43. The Labute approximate surface area is 93.7 Å². The van der Waals surface area contributed by atoms with Crippen molar-refractivity contribution >= 4 is 5.78 Å². The van der Waals surface area contributed by atoms with Crippen LogP contribution in [0.3, 0.4) is 0 Å². The summed E-state index contributed by atoms with van der Waals surface area (Å²) < 4.78 is 11.4. The lowest BCUT2D eigenvalue weighted by molar-refractivity contribution is -0.143. The third kappa shape index (κ3) is 1.40. The molecule has 16 heavy (non-hydrogen) atoms. The molecule has 82 valence electrons. The average Bonchev–Trinajstić information content (AvgIpc) is 2.60. The second kappa shape index (κ2) is 3.27. The quantitative estimate of drug-likeness (QED) is 0.720. The van der Waals surface area contributed by atoms with Crippen molar-refractivity contribution in [1.82, 2.24) is 0 Å². The fraction of sp³-hybridized carbons (Fsp3) is 0.308. The molecule has 0 aliphatic carbocycles. The Kier molecular flexibility index (Phi) is 1.99. The van der Waals surface area contributed by atoms with Crippen LogP contribution in [-0.2, 0) is 14.3 Å². The van der Waals surface area contributed by atoms with Crippen LogP contribution in [-0.4, -0.2) is 17.7 Å². The van der Waals surface area contributed by atoms with Crippen LogP contribution in [0.1, 0.15) is 18.6 Å². The zero-order chi connectivity index (χ0) is 11.2. The predicted octanol–water partition coefficient (Wildman–Crippen LogP) is 2.00. The third-order valence-corrected chi connectivity index (χ3v) is 2.96. The largest absolute Gasteiger partial charge is 0.335 e. The predicted molar refractivity (Wildman–Crippen MR) is 57.7 cm³/mol. The van der Waals surface area contributed by atoms with Crippen molar-refractivity contribution in [3.63, 3.8) is 0 Å². The monoisotopic (exact) mass is 216 g/mol. The highest BCUT2D eigenvalue weighted by atomic mass is 16.8. The highest BCUT2D eigenvalue weighted by molar-refractivity contribution is 5.95. The maximum absolute atomic E-state index is 11.7. The van der Waals surface area contributed by atoms with E-state index in [4.69, 9.17) is 9.47 Å². The summed E-state index contributed by atoms with van der Waals surface area (Å²) in [5, 5.41) is 0. The summed E-state index contributed by atoms with van der Waals surface area (Å²) in [7, 11) is 0. The van der Waals surface area contributed by atoms with Gasteiger partial charge in [-0.1, -0.05) is 30.3 Å². The highest BCUT2D eigenvalue weighted by Gasteiger charge is 2.49.